The van der Waals surface area contributed by atoms with Crippen molar-refractivity contribution in [2.75, 3.05) is 26.3 Å². The number of likely N-dealkylation sites (tertiary alicyclic amines) is 1. The second-order valence-electron chi connectivity index (χ2n) is 6.91. The second kappa shape index (κ2) is 7.39. The number of hydrogen-bond donors (Lipinski definition) is 0. The lowest BCUT2D eigenvalue weighted by molar-refractivity contribution is -0.121. The largest absolute Gasteiger partial charge is 0.491 e. The molecule has 0 aromatic heterocycles. The van der Waals surface area contributed by atoms with Gasteiger partial charge in [-0.25, -0.2) is 8.78 Å². The SMILES string of the molecule is O=C1COc2cc(F)c(C(=O)N3CC(COc4cc(F)ccc4Cl)C3)cc2C1. The standard InChI is InChI=1S/C20H16ClF2NO4/c21-16-2-1-13(22)5-19(16)27-9-11-7-24(8-11)20(26)15-4-12-3-14(25)10-28-18(12)6-17(15)23/h1-2,4-6,11H,3,7-10H2. The number of nitrogens with zero attached hydrogens (tertiary/aromatic N) is 1. The number of carbonyl (C=O) groups excluding carboxylic acids is 2. The van der Waals surface area contributed by atoms with Crippen molar-refractivity contribution in [3.8, 4) is 11.5 Å². The first-order chi connectivity index (χ1) is 13.4. The van der Waals surface area contributed by atoms with E-state index in [-0.39, 0.29) is 42.6 Å². The van der Waals surface area contributed by atoms with E-state index in [4.69, 9.17) is 21.1 Å². The third-order valence-electron chi connectivity index (χ3n) is 4.77. The molecule has 1 saturated heterocycles. The van der Waals surface area contributed by atoms with Gasteiger partial charge in [0, 0.05) is 43.1 Å². The molecule has 146 valence electrons. The predicted octanol–water partition coefficient (Wildman–Crippen LogP) is 3.27. The van der Waals surface area contributed by atoms with Gasteiger partial charge >= 0.3 is 0 Å². The molecular weight excluding hydrogens is 392 g/mol. The highest BCUT2D eigenvalue weighted by Gasteiger charge is 2.34. The summed E-state index contributed by atoms with van der Waals surface area (Å²) in [4.78, 5) is 25.6. The summed E-state index contributed by atoms with van der Waals surface area (Å²) in [5.74, 6) is -1.10. The molecule has 0 aliphatic carbocycles. The van der Waals surface area contributed by atoms with Crippen molar-refractivity contribution in [2.45, 2.75) is 6.42 Å². The van der Waals surface area contributed by atoms with Crippen LogP contribution in [0.3, 0.4) is 0 Å². The van der Waals surface area contributed by atoms with Crippen LogP contribution >= 0.6 is 11.6 Å². The Bertz CT molecular complexity index is 959. The Balaban J connectivity index is 1.37. The number of amides is 1. The number of Topliss-reactive ketones (excluding diaryl/α,β-unsaturated/α-hetero) is 1. The lowest BCUT2D eigenvalue weighted by Gasteiger charge is -2.39. The highest BCUT2D eigenvalue weighted by atomic mass is 35.5. The number of hydrogen-bond acceptors (Lipinski definition) is 4. The summed E-state index contributed by atoms with van der Waals surface area (Å²) in [7, 11) is 0. The van der Waals surface area contributed by atoms with Crippen molar-refractivity contribution in [2.24, 2.45) is 5.92 Å². The van der Waals surface area contributed by atoms with Crippen LogP contribution in [0.5, 0.6) is 11.5 Å². The van der Waals surface area contributed by atoms with Gasteiger partial charge in [-0.15, -0.1) is 0 Å². The molecule has 0 unspecified atom stereocenters. The maximum atomic E-state index is 14.3. The molecule has 2 aromatic carbocycles. The van der Waals surface area contributed by atoms with E-state index in [9.17, 15) is 18.4 Å². The van der Waals surface area contributed by atoms with Crippen LogP contribution in [0.25, 0.3) is 0 Å². The highest BCUT2D eigenvalue weighted by molar-refractivity contribution is 6.32. The van der Waals surface area contributed by atoms with Gasteiger partial charge in [0.1, 0.15) is 29.7 Å². The smallest absolute Gasteiger partial charge is 0.256 e. The van der Waals surface area contributed by atoms with E-state index in [2.05, 4.69) is 0 Å². The molecule has 0 bridgehead atoms. The normalized spacial score (nSPS) is 16.2. The molecule has 1 fully saturated rings. The lowest BCUT2D eigenvalue weighted by atomic mass is 9.97. The molecule has 28 heavy (non-hydrogen) atoms. The Morgan fingerprint density at radius 1 is 1.25 bits per heavy atom. The van der Waals surface area contributed by atoms with Crippen molar-refractivity contribution in [3.63, 3.8) is 0 Å². The van der Waals surface area contributed by atoms with Crippen molar-refractivity contribution in [1.29, 1.82) is 0 Å². The maximum absolute atomic E-state index is 14.3. The fourth-order valence-corrected chi connectivity index (χ4v) is 3.44. The Hall–Kier alpha value is -2.67. The third-order valence-corrected chi connectivity index (χ3v) is 5.08. The monoisotopic (exact) mass is 407 g/mol. The van der Waals surface area contributed by atoms with Crippen LogP contribution in [-0.4, -0.2) is 42.9 Å². The van der Waals surface area contributed by atoms with Gasteiger partial charge in [-0.3, -0.25) is 9.59 Å². The number of benzene rings is 2. The molecule has 1 amide bonds. The highest BCUT2D eigenvalue weighted by Crippen LogP contribution is 2.30. The van der Waals surface area contributed by atoms with Gasteiger partial charge in [-0.1, -0.05) is 11.6 Å². The first-order valence-electron chi connectivity index (χ1n) is 8.74. The van der Waals surface area contributed by atoms with Crippen LogP contribution in [0.1, 0.15) is 15.9 Å². The van der Waals surface area contributed by atoms with E-state index in [1.54, 1.807) is 0 Å². The summed E-state index contributed by atoms with van der Waals surface area (Å²) in [5.41, 5.74) is 0.437. The first-order valence-corrected chi connectivity index (χ1v) is 9.12. The Morgan fingerprint density at radius 3 is 2.82 bits per heavy atom. The van der Waals surface area contributed by atoms with E-state index < -0.39 is 17.5 Å². The van der Waals surface area contributed by atoms with Crippen LogP contribution in [-0.2, 0) is 11.2 Å². The molecule has 0 N–H and O–H groups in total. The molecule has 0 radical (unpaired) electrons. The molecule has 2 aliphatic heterocycles. The fourth-order valence-electron chi connectivity index (χ4n) is 3.26. The van der Waals surface area contributed by atoms with Gasteiger partial charge < -0.3 is 14.4 Å². The van der Waals surface area contributed by atoms with Crippen LogP contribution in [0.4, 0.5) is 8.78 Å². The van der Waals surface area contributed by atoms with Gasteiger partial charge in [-0.2, -0.15) is 0 Å². The van der Waals surface area contributed by atoms with Crippen molar-refractivity contribution < 1.29 is 27.8 Å². The molecule has 0 saturated carbocycles. The number of carbonyl (C=O) groups is 2. The molecule has 8 heteroatoms. The average molecular weight is 408 g/mol. The van der Waals surface area contributed by atoms with Crippen LogP contribution in [0.15, 0.2) is 30.3 Å². The van der Waals surface area contributed by atoms with Crippen LogP contribution < -0.4 is 9.47 Å². The number of ketones is 1. The Morgan fingerprint density at radius 2 is 2.04 bits per heavy atom. The van der Waals surface area contributed by atoms with Gasteiger partial charge in [0.05, 0.1) is 17.2 Å². The van der Waals surface area contributed by atoms with Gasteiger partial charge in [0.15, 0.2) is 5.78 Å². The molecule has 0 spiro atoms. The fraction of sp³-hybridized carbons (Fsp3) is 0.300. The van der Waals surface area contributed by atoms with Crippen molar-refractivity contribution in [1.82, 2.24) is 4.90 Å². The van der Waals surface area contributed by atoms with Crippen molar-refractivity contribution in [3.05, 3.63) is 58.1 Å². The van der Waals surface area contributed by atoms with E-state index >= 15 is 0 Å². The van der Waals surface area contributed by atoms with Gasteiger partial charge in [-0.05, 0) is 18.2 Å². The van der Waals surface area contributed by atoms with E-state index in [1.165, 1.54) is 29.2 Å². The summed E-state index contributed by atoms with van der Waals surface area (Å²) in [6.45, 7) is 0.959. The Labute approximate surface area is 164 Å². The third kappa shape index (κ3) is 3.67. The van der Waals surface area contributed by atoms with Gasteiger partial charge in [0.2, 0.25) is 0 Å². The molecule has 2 heterocycles. The number of fused-ring (bicyclic) bond motifs is 1. The molecule has 2 aliphatic rings. The molecular formula is C20H16ClF2NO4. The summed E-state index contributed by atoms with van der Waals surface area (Å²) < 4.78 is 38.3. The van der Waals surface area contributed by atoms with Crippen LogP contribution in [0, 0.1) is 17.6 Å². The van der Waals surface area contributed by atoms with Gasteiger partial charge in [0.25, 0.3) is 5.91 Å². The molecule has 2 aromatic rings. The summed E-state index contributed by atoms with van der Waals surface area (Å²) in [5, 5.41) is 0.307. The zero-order chi connectivity index (χ0) is 19.8. The minimum Gasteiger partial charge on any atom is -0.491 e. The second-order valence-corrected chi connectivity index (χ2v) is 7.31. The number of halogens is 3. The summed E-state index contributed by atoms with van der Waals surface area (Å²) in [6.07, 6.45) is 0.126. The lowest BCUT2D eigenvalue weighted by Crippen LogP contribution is -2.52. The Kier molecular flexibility index (Phi) is 4.93. The van der Waals surface area contributed by atoms with Crippen LogP contribution in [0.2, 0.25) is 5.02 Å². The minimum absolute atomic E-state index is 0.0360. The topological polar surface area (TPSA) is 55.8 Å². The zero-order valence-electron chi connectivity index (χ0n) is 14.7. The minimum atomic E-state index is -0.677. The summed E-state index contributed by atoms with van der Waals surface area (Å²) >= 11 is 5.95. The number of rotatable bonds is 4. The molecule has 0 atom stereocenters. The van der Waals surface area contributed by atoms with E-state index in [0.29, 0.717) is 29.4 Å². The quantitative estimate of drug-likeness (QED) is 0.780. The van der Waals surface area contributed by atoms with Crippen molar-refractivity contribution >= 4 is 23.3 Å². The molecule has 4 rings (SSSR count). The first kappa shape index (κ1) is 18.7. The zero-order valence-corrected chi connectivity index (χ0v) is 15.5. The summed E-state index contributed by atoms with van der Waals surface area (Å²) in [6, 6.07) is 6.40. The van der Waals surface area contributed by atoms with E-state index in [0.717, 1.165) is 6.07 Å². The predicted molar refractivity (Wildman–Crippen MR) is 96.9 cm³/mol. The maximum Gasteiger partial charge on any atom is 0.256 e. The number of ether oxygens (including phenoxy) is 2. The average Bonchev–Trinajstić information content (AvgIpc) is 2.62. The molecule has 5 nitrogen and oxygen atoms in total. The van der Waals surface area contributed by atoms with E-state index in [1.807, 2.05) is 0 Å².